The Morgan fingerprint density at radius 2 is 1.73 bits per heavy atom. The van der Waals surface area contributed by atoms with E-state index in [1.54, 1.807) is 0 Å². The third kappa shape index (κ3) is 8.81. The minimum absolute atomic E-state index is 0.0868. The van der Waals surface area contributed by atoms with E-state index in [-0.39, 0.29) is 36.9 Å². The SMILES string of the molecule is O=C(CCC=CCC[C@H]1[C@@H](OCc2ccc(-c3ccccc3)cc2)CC(=O)[C@@H]1N1CCOCC1)OCC(O)CO. The number of ketones is 1. The van der Waals surface area contributed by atoms with Gasteiger partial charge in [0.05, 0.1) is 38.6 Å². The van der Waals surface area contributed by atoms with E-state index in [0.717, 1.165) is 37.1 Å². The highest BCUT2D eigenvalue weighted by Crippen LogP contribution is 2.35. The molecule has 1 heterocycles. The van der Waals surface area contributed by atoms with E-state index >= 15 is 0 Å². The molecule has 0 amide bonds. The number of allylic oxidation sites excluding steroid dienone is 2. The lowest BCUT2D eigenvalue weighted by Crippen LogP contribution is -2.49. The fourth-order valence-corrected chi connectivity index (χ4v) is 5.44. The third-order valence-electron chi connectivity index (χ3n) is 7.58. The van der Waals surface area contributed by atoms with Crippen LogP contribution in [0.1, 0.15) is 37.7 Å². The second kappa shape index (κ2) is 15.8. The van der Waals surface area contributed by atoms with Crippen LogP contribution in [-0.2, 0) is 30.4 Å². The van der Waals surface area contributed by atoms with Gasteiger partial charge in [-0.3, -0.25) is 14.5 Å². The lowest BCUT2D eigenvalue weighted by Gasteiger charge is -2.35. The average Bonchev–Trinajstić information content (AvgIpc) is 3.32. The molecule has 2 aliphatic rings. The zero-order valence-corrected chi connectivity index (χ0v) is 23.0. The molecule has 4 atom stereocenters. The smallest absolute Gasteiger partial charge is 0.306 e. The molecule has 0 bridgehead atoms. The number of hydrogen-bond acceptors (Lipinski definition) is 8. The number of hydrogen-bond donors (Lipinski definition) is 2. The summed E-state index contributed by atoms with van der Waals surface area (Å²) in [6, 6.07) is 18.5. The maximum absolute atomic E-state index is 13.2. The Kier molecular flexibility index (Phi) is 11.9. The van der Waals surface area contributed by atoms with Gasteiger partial charge in [-0.15, -0.1) is 0 Å². The summed E-state index contributed by atoms with van der Waals surface area (Å²) in [6.45, 7) is 2.61. The fraction of sp³-hybridized carbons (Fsp3) is 0.500. The molecular formula is C32H41NO7. The molecule has 4 rings (SSSR count). The molecule has 2 aromatic rings. The Bertz CT molecular complexity index is 1080. The van der Waals surface area contributed by atoms with Crippen molar-refractivity contribution in [1.82, 2.24) is 4.90 Å². The molecule has 1 aliphatic carbocycles. The van der Waals surface area contributed by atoms with Crippen molar-refractivity contribution >= 4 is 11.8 Å². The summed E-state index contributed by atoms with van der Waals surface area (Å²) >= 11 is 0. The summed E-state index contributed by atoms with van der Waals surface area (Å²) in [4.78, 5) is 27.2. The van der Waals surface area contributed by atoms with Crippen molar-refractivity contribution in [2.24, 2.45) is 5.92 Å². The Morgan fingerprint density at radius 1 is 1.02 bits per heavy atom. The van der Waals surface area contributed by atoms with Crippen molar-refractivity contribution in [2.75, 3.05) is 39.5 Å². The van der Waals surface area contributed by atoms with Gasteiger partial charge in [-0.25, -0.2) is 0 Å². The number of morpholine rings is 1. The van der Waals surface area contributed by atoms with E-state index in [9.17, 15) is 14.7 Å². The number of carbonyl (C=O) groups is 2. The van der Waals surface area contributed by atoms with Crippen LogP contribution < -0.4 is 0 Å². The van der Waals surface area contributed by atoms with Gasteiger partial charge in [0.2, 0.25) is 0 Å². The largest absolute Gasteiger partial charge is 0.463 e. The van der Waals surface area contributed by atoms with Crippen LogP contribution >= 0.6 is 0 Å². The van der Waals surface area contributed by atoms with Crippen molar-refractivity contribution in [1.29, 1.82) is 0 Å². The first-order valence-corrected chi connectivity index (χ1v) is 14.2. The maximum atomic E-state index is 13.2. The molecule has 8 nitrogen and oxygen atoms in total. The Labute approximate surface area is 236 Å². The van der Waals surface area contributed by atoms with Crippen LogP contribution in [0.25, 0.3) is 11.1 Å². The van der Waals surface area contributed by atoms with Gasteiger partial charge in [-0.1, -0.05) is 66.7 Å². The number of nitrogens with zero attached hydrogens (tertiary/aromatic N) is 1. The third-order valence-corrected chi connectivity index (χ3v) is 7.58. The van der Waals surface area contributed by atoms with Gasteiger partial charge in [0.25, 0.3) is 0 Å². The summed E-state index contributed by atoms with van der Waals surface area (Å²) in [7, 11) is 0. The van der Waals surface area contributed by atoms with Crippen molar-refractivity contribution in [3.8, 4) is 11.1 Å². The van der Waals surface area contributed by atoms with Crippen LogP contribution in [0, 0.1) is 5.92 Å². The minimum atomic E-state index is -1.04. The highest BCUT2D eigenvalue weighted by atomic mass is 16.5. The summed E-state index contributed by atoms with van der Waals surface area (Å²) in [5.74, 6) is -0.0759. The molecule has 1 saturated heterocycles. The monoisotopic (exact) mass is 551 g/mol. The van der Waals surface area contributed by atoms with Gasteiger partial charge in [0, 0.05) is 31.8 Å². The van der Waals surface area contributed by atoms with E-state index in [1.807, 2.05) is 30.4 Å². The number of aliphatic hydroxyl groups is 2. The molecule has 2 aromatic carbocycles. The Balaban J connectivity index is 1.31. The molecule has 0 spiro atoms. The number of Topliss-reactive ketones (excluding diaryl/α,β-unsaturated/α-hetero) is 1. The molecule has 0 radical (unpaired) electrons. The molecule has 2 fully saturated rings. The van der Waals surface area contributed by atoms with Crippen molar-refractivity contribution < 1.29 is 34.0 Å². The molecule has 1 aliphatic heterocycles. The van der Waals surface area contributed by atoms with Crippen LogP contribution in [0.4, 0.5) is 0 Å². The van der Waals surface area contributed by atoms with Crippen LogP contribution in [0.5, 0.6) is 0 Å². The van der Waals surface area contributed by atoms with Gasteiger partial charge in [-0.2, -0.15) is 0 Å². The molecule has 1 unspecified atom stereocenters. The first kappa shape index (κ1) is 30.1. The molecule has 0 aromatic heterocycles. The van der Waals surface area contributed by atoms with Crippen LogP contribution in [-0.4, -0.2) is 84.6 Å². The summed E-state index contributed by atoms with van der Waals surface area (Å²) < 4.78 is 16.9. The van der Waals surface area contributed by atoms with E-state index < -0.39 is 18.7 Å². The molecule has 1 saturated carbocycles. The summed E-state index contributed by atoms with van der Waals surface area (Å²) in [5, 5.41) is 18.1. The van der Waals surface area contributed by atoms with E-state index in [1.165, 1.54) is 5.56 Å². The maximum Gasteiger partial charge on any atom is 0.306 e. The number of benzene rings is 2. The highest BCUT2D eigenvalue weighted by molar-refractivity contribution is 5.87. The van der Waals surface area contributed by atoms with E-state index in [0.29, 0.717) is 32.7 Å². The molecule has 216 valence electrons. The van der Waals surface area contributed by atoms with Crippen molar-refractivity contribution in [3.63, 3.8) is 0 Å². The second-order valence-electron chi connectivity index (χ2n) is 10.4. The first-order valence-electron chi connectivity index (χ1n) is 14.2. The molecular weight excluding hydrogens is 510 g/mol. The number of carbonyl (C=O) groups excluding carboxylic acids is 2. The topological polar surface area (TPSA) is 106 Å². The number of esters is 1. The van der Waals surface area contributed by atoms with Crippen LogP contribution in [0.3, 0.4) is 0 Å². The number of ether oxygens (including phenoxy) is 3. The molecule has 8 heteroatoms. The lowest BCUT2D eigenvalue weighted by atomic mass is 9.93. The zero-order valence-electron chi connectivity index (χ0n) is 23.0. The average molecular weight is 552 g/mol. The second-order valence-corrected chi connectivity index (χ2v) is 10.4. The number of aliphatic hydroxyl groups excluding tert-OH is 2. The van der Waals surface area contributed by atoms with Gasteiger partial charge in [0.15, 0.2) is 5.78 Å². The van der Waals surface area contributed by atoms with Gasteiger partial charge >= 0.3 is 5.97 Å². The summed E-state index contributed by atoms with van der Waals surface area (Å²) in [6.07, 6.45) is 5.57. The number of rotatable bonds is 14. The predicted octanol–water partition coefficient (Wildman–Crippen LogP) is 3.54. The van der Waals surface area contributed by atoms with Gasteiger partial charge in [0.1, 0.15) is 12.7 Å². The van der Waals surface area contributed by atoms with E-state index in [2.05, 4.69) is 41.3 Å². The Hall–Kier alpha value is -2.88. The fourth-order valence-electron chi connectivity index (χ4n) is 5.44. The van der Waals surface area contributed by atoms with E-state index in [4.69, 9.17) is 19.3 Å². The van der Waals surface area contributed by atoms with Crippen molar-refractivity contribution in [2.45, 2.75) is 57.0 Å². The normalized spacial score (nSPS) is 22.6. The minimum Gasteiger partial charge on any atom is -0.463 e. The quantitative estimate of drug-likeness (QED) is 0.271. The predicted molar refractivity (Wildman–Crippen MR) is 151 cm³/mol. The zero-order chi connectivity index (χ0) is 28.2. The van der Waals surface area contributed by atoms with Crippen molar-refractivity contribution in [3.05, 3.63) is 72.3 Å². The molecule has 2 N–H and O–H groups in total. The van der Waals surface area contributed by atoms with Gasteiger partial charge in [-0.05, 0) is 36.0 Å². The highest BCUT2D eigenvalue weighted by Gasteiger charge is 2.45. The lowest BCUT2D eigenvalue weighted by molar-refractivity contribution is -0.147. The standard InChI is InChI=1S/C32H41NO7/c34-21-27(35)23-40-31(37)11-7-2-1-6-10-28-30(20-29(36)32(28)33-16-18-38-19-17-33)39-22-24-12-14-26(15-13-24)25-8-4-3-5-9-25/h1-5,8-9,12-15,27-28,30,32,34-35H,6-7,10-11,16-23H2/t27?,28-,30-,32+/m0/s1. The molecule has 40 heavy (non-hydrogen) atoms. The van der Waals surface area contributed by atoms with Crippen LogP contribution in [0.15, 0.2) is 66.7 Å². The van der Waals surface area contributed by atoms with Crippen LogP contribution in [0.2, 0.25) is 0 Å². The first-order chi connectivity index (χ1) is 19.5. The van der Waals surface area contributed by atoms with Gasteiger partial charge < -0.3 is 24.4 Å². The summed E-state index contributed by atoms with van der Waals surface area (Å²) in [5.41, 5.74) is 3.42. The Morgan fingerprint density at radius 3 is 2.45 bits per heavy atom.